The van der Waals surface area contributed by atoms with Gasteiger partial charge in [-0.1, -0.05) is 34.5 Å². The highest BCUT2D eigenvalue weighted by Crippen LogP contribution is 2.30. The Hall–Kier alpha value is -0.660. The zero-order chi connectivity index (χ0) is 13.3. The van der Waals surface area contributed by atoms with Gasteiger partial charge in [-0.25, -0.2) is 10.1 Å². The molecule has 18 heavy (non-hydrogen) atoms. The van der Waals surface area contributed by atoms with E-state index in [1.165, 1.54) is 0 Å². The lowest BCUT2D eigenvalue weighted by Crippen LogP contribution is -2.30. The van der Waals surface area contributed by atoms with Crippen molar-refractivity contribution < 1.29 is 0 Å². The van der Waals surface area contributed by atoms with Gasteiger partial charge in [0.15, 0.2) is 4.60 Å². The Kier molecular flexibility index (Phi) is 4.24. The smallest absolute Gasteiger partial charge is 0.153 e. The Balaban J connectivity index is 2.48. The third-order valence-corrected chi connectivity index (χ3v) is 3.85. The molecule has 0 fully saturated rings. The van der Waals surface area contributed by atoms with Gasteiger partial charge in [-0.15, -0.1) is 5.10 Å². The molecule has 1 unspecified atom stereocenters. The Morgan fingerprint density at radius 2 is 2.11 bits per heavy atom. The average Bonchev–Trinajstić information content (AvgIpc) is 2.66. The quantitative estimate of drug-likeness (QED) is 0.659. The molecule has 3 N–H and O–H groups in total. The first-order chi connectivity index (χ1) is 8.54. The number of aromatic nitrogens is 3. The van der Waals surface area contributed by atoms with Gasteiger partial charge < -0.3 is 0 Å². The van der Waals surface area contributed by atoms with Gasteiger partial charge in [-0.3, -0.25) is 5.84 Å². The van der Waals surface area contributed by atoms with Crippen LogP contribution in [0.25, 0.3) is 0 Å². The Labute approximate surface area is 122 Å². The summed E-state index contributed by atoms with van der Waals surface area (Å²) in [4.78, 5) is 0. The number of hydrogen-bond donors (Lipinski definition) is 2. The fourth-order valence-electron chi connectivity index (χ4n) is 1.67. The molecule has 8 heteroatoms. The predicted molar refractivity (Wildman–Crippen MR) is 74.3 cm³/mol. The van der Waals surface area contributed by atoms with Gasteiger partial charge in [-0.05, 0) is 33.6 Å². The van der Waals surface area contributed by atoms with E-state index in [9.17, 15) is 0 Å². The molecular weight excluding hydrogens is 341 g/mol. The SMILES string of the molecule is Cn1nnc(Br)c1C(NN)c1ccc(Cl)c(Cl)c1. The second kappa shape index (κ2) is 5.54. The lowest BCUT2D eigenvalue weighted by atomic mass is 10.1. The normalized spacial score (nSPS) is 12.7. The van der Waals surface area contributed by atoms with Crippen LogP contribution in [-0.4, -0.2) is 15.0 Å². The zero-order valence-electron chi connectivity index (χ0n) is 9.36. The Bertz CT molecular complexity index is 552. The first kappa shape index (κ1) is 13.8. The molecule has 0 saturated carbocycles. The van der Waals surface area contributed by atoms with E-state index >= 15 is 0 Å². The van der Waals surface area contributed by atoms with E-state index in [0.29, 0.717) is 14.6 Å². The van der Waals surface area contributed by atoms with Crippen LogP contribution in [0.5, 0.6) is 0 Å². The molecule has 2 aromatic rings. The lowest BCUT2D eigenvalue weighted by Gasteiger charge is -2.17. The predicted octanol–water partition coefficient (Wildman–Crippen LogP) is 2.44. The molecule has 0 aliphatic heterocycles. The maximum Gasteiger partial charge on any atom is 0.153 e. The second-order valence-electron chi connectivity index (χ2n) is 3.66. The van der Waals surface area contributed by atoms with E-state index in [4.69, 9.17) is 29.0 Å². The highest BCUT2D eigenvalue weighted by atomic mass is 79.9. The Morgan fingerprint density at radius 1 is 1.39 bits per heavy atom. The van der Waals surface area contributed by atoms with Crippen LogP contribution in [0, 0.1) is 0 Å². The summed E-state index contributed by atoms with van der Waals surface area (Å²) < 4.78 is 2.26. The van der Waals surface area contributed by atoms with Crippen molar-refractivity contribution in [3.8, 4) is 0 Å². The molecule has 0 amide bonds. The minimum absolute atomic E-state index is 0.283. The molecule has 0 bridgehead atoms. The summed E-state index contributed by atoms with van der Waals surface area (Å²) in [5.41, 5.74) is 4.39. The maximum atomic E-state index is 6.01. The van der Waals surface area contributed by atoms with E-state index < -0.39 is 0 Å². The van der Waals surface area contributed by atoms with Gasteiger partial charge in [0.2, 0.25) is 0 Å². The van der Waals surface area contributed by atoms with Gasteiger partial charge in [-0.2, -0.15) is 0 Å². The molecule has 0 aliphatic carbocycles. The van der Waals surface area contributed by atoms with E-state index in [2.05, 4.69) is 31.7 Å². The number of nitrogens with two attached hydrogens (primary N) is 1. The van der Waals surface area contributed by atoms with Crippen LogP contribution in [0.4, 0.5) is 0 Å². The summed E-state index contributed by atoms with van der Waals surface area (Å²) >= 11 is 15.2. The van der Waals surface area contributed by atoms with E-state index in [1.807, 2.05) is 6.07 Å². The van der Waals surface area contributed by atoms with Crippen molar-refractivity contribution in [2.75, 3.05) is 0 Å². The number of halogens is 3. The minimum Gasteiger partial charge on any atom is -0.271 e. The van der Waals surface area contributed by atoms with Crippen LogP contribution < -0.4 is 11.3 Å². The molecular formula is C10H10BrCl2N5. The van der Waals surface area contributed by atoms with Crippen molar-refractivity contribution in [2.24, 2.45) is 12.9 Å². The zero-order valence-corrected chi connectivity index (χ0v) is 12.5. The molecule has 1 aromatic carbocycles. The summed E-state index contributed by atoms with van der Waals surface area (Å²) in [6, 6.07) is 5.04. The molecule has 0 radical (unpaired) electrons. The van der Waals surface area contributed by atoms with E-state index in [0.717, 1.165) is 11.3 Å². The largest absolute Gasteiger partial charge is 0.271 e. The molecule has 96 valence electrons. The summed E-state index contributed by atoms with van der Waals surface area (Å²) in [6.07, 6.45) is 0. The average molecular weight is 351 g/mol. The first-order valence-corrected chi connectivity index (χ1v) is 6.55. The number of nitrogens with zero attached hydrogens (tertiary/aromatic N) is 3. The number of hydrazine groups is 1. The lowest BCUT2D eigenvalue weighted by molar-refractivity contribution is 0.569. The van der Waals surface area contributed by atoms with Gasteiger partial charge in [0, 0.05) is 7.05 Å². The fourth-order valence-corrected chi connectivity index (χ4v) is 2.53. The van der Waals surface area contributed by atoms with Crippen molar-refractivity contribution in [1.29, 1.82) is 0 Å². The molecule has 5 nitrogen and oxygen atoms in total. The first-order valence-electron chi connectivity index (χ1n) is 5.00. The second-order valence-corrected chi connectivity index (χ2v) is 5.23. The molecule has 1 atom stereocenters. The number of aryl methyl sites for hydroxylation is 1. The monoisotopic (exact) mass is 349 g/mol. The number of hydrogen-bond acceptors (Lipinski definition) is 4. The van der Waals surface area contributed by atoms with Crippen molar-refractivity contribution in [3.05, 3.63) is 44.1 Å². The molecule has 1 heterocycles. The molecule has 1 aromatic heterocycles. The van der Waals surface area contributed by atoms with Crippen LogP contribution >= 0.6 is 39.1 Å². The molecule has 0 aliphatic rings. The van der Waals surface area contributed by atoms with Gasteiger partial charge in [0.1, 0.15) is 0 Å². The number of rotatable bonds is 3. The summed E-state index contributed by atoms with van der Waals surface area (Å²) in [6.45, 7) is 0. The summed E-state index contributed by atoms with van der Waals surface area (Å²) in [5.74, 6) is 5.61. The number of nitrogens with one attached hydrogen (secondary N) is 1. The Morgan fingerprint density at radius 3 is 2.61 bits per heavy atom. The van der Waals surface area contributed by atoms with Gasteiger partial charge in [0.05, 0.1) is 21.8 Å². The molecule has 0 saturated heterocycles. The van der Waals surface area contributed by atoms with Crippen LogP contribution in [0.15, 0.2) is 22.8 Å². The summed E-state index contributed by atoms with van der Waals surface area (Å²) in [5, 5.41) is 8.81. The highest BCUT2D eigenvalue weighted by molar-refractivity contribution is 9.10. The molecule has 0 spiro atoms. The van der Waals surface area contributed by atoms with Gasteiger partial charge >= 0.3 is 0 Å². The third kappa shape index (κ3) is 2.53. The van der Waals surface area contributed by atoms with Gasteiger partial charge in [0.25, 0.3) is 0 Å². The van der Waals surface area contributed by atoms with E-state index in [1.54, 1.807) is 23.9 Å². The van der Waals surface area contributed by atoms with E-state index in [-0.39, 0.29) is 6.04 Å². The number of benzene rings is 1. The van der Waals surface area contributed by atoms with Crippen LogP contribution in [0.1, 0.15) is 17.3 Å². The minimum atomic E-state index is -0.283. The van der Waals surface area contributed by atoms with Crippen molar-refractivity contribution >= 4 is 39.1 Å². The molecule has 2 rings (SSSR count). The van der Waals surface area contributed by atoms with Crippen molar-refractivity contribution in [3.63, 3.8) is 0 Å². The third-order valence-electron chi connectivity index (χ3n) is 2.54. The van der Waals surface area contributed by atoms with Crippen LogP contribution in [-0.2, 0) is 7.05 Å². The van der Waals surface area contributed by atoms with Crippen molar-refractivity contribution in [2.45, 2.75) is 6.04 Å². The topological polar surface area (TPSA) is 68.8 Å². The summed E-state index contributed by atoms with van der Waals surface area (Å²) in [7, 11) is 1.79. The maximum absolute atomic E-state index is 6.01. The highest BCUT2D eigenvalue weighted by Gasteiger charge is 2.21. The fraction of sp³-hybridized carbons (Fsp3) is 0.200. The standard InChI is InChI=1S/C10H10BrCl2N5/c1-18-9(10(11)16-17-18)8(15-14)5-2-3-6(12)7(13)4-5/h2-4,8,15H,14H2,1H3. The van der Waals surface area contributed by atoms with Crippen molar-refractivity contribution in [1.82, 2.24) is 20.4 Å². The van der Waals surface area contributed by atoms with Crippen LogP contribution in [0.2, 0.25) is 10.0 Å². The van der Waals surface area contributed by atoms with Crippen LogP contribution in [0.3, 0.4) is 0 Å².